The van der Waals surface area contributed by atoms with E-state index in [0.717, 1.165) is 77.0 Å². The molecule has 3 atom stereocenters. The predicted octanol–water partition coefficient (Wildman–Crippen LogP) is 10.8. The highest BCUT2D eigenvalue weighted by Crippen LogP contribution is 2.18. The van der Waals surface area contributed by atoms with E-state index in [1.54, 1.807) is 0 Å². The number of aliphatic carboxylic acids is 3. The molecule has 2 unspecified atom stereocenters. The van der Waals surface area contributed by atoms with Gasteiger partial charge in [-0.25, -0.2) is 0 Å². The van der Waals surface area contributed by atoms with E-state index in [1.807, 2.05) is 0 Å². The molecule has 15 nitrogen and oxygen atoms in total. The van der Waals surface area contributed by atoms with E-state index in [-0.39, 0.29) is 38.8 Å². The summed E-state index contributed by atoms with van der Waals surface area (Å²) >= 11 is 0. The number of allylic oxidation sites excluding steroid dienone is 4. The molecule has 0 aliphatic rings. The van der Waals surface area contributed by atoms with Gasteiger partial charge in [-0.1, -0.05) is 147 Å². The van der Waals surface area contributed by atoms with Gasteiger partial charge in [0.1, 0.15) is 19.3 Å². The van der Waals surface area contributed by atoms with Crippen LogP contribution >= 0.6 is 0 Å². The Labute approximate surface area is 408 Å². The van der Waals surface area contributed by atoms with E-state index in [4.69, 9.17) is 19.9 Å². The molecular weight excluding hydrogens is 873 g/mol. The molecule has 0 amide bonds. The number of carboxylic acid groups (broad SMARTS) is 3. The van der Waals surface area contributed by atoms with Gasteiger partial charge >= 0.3 is 35.8 Å². The van der Waals surface area contributed by atoms with Crippen LogP contribution in [0.1, 0.15) is 226 Å². The number of unbranched alkanes of at least 4 members (excludes halogenated alkanes) is 23. The maximum atomic E-state index is 13.2. The second kappa shape index (κ2) is 45.3. The van der Waals surface area contributed by atoms with Crippen LogP contribution in [0.4, 0.5) is 0 Å². The number of hydrogen-bond donors (Lipinski definition) is 4. The molecule has 0 aromatic carbocycles. The van der Waals surface area contributed by atoms with Gasteiger partial charge in [-0.3, -0.25) is 38.5 Å². The Kier molecular flexibility index (Phi) is 42.6. The summed E-state index contributed by atoms with van der Waals surface area (Å²) in [4.78, 5) is 88.1. The number of rotatable bonds is 49. The topological polar surface area (TPSA) is 237 Å². The minimum Gasteiger partial charge on any atom is -0.480 e. The number of carbonyl (C=O) groups excluding carboxylic acids is 4. The van der Waals surface area contributed by atoms with Gasteiger partial charge in [0.25, 0.3) is 0 Å². The van der Waals surface area contributed by atoms with E-state index in [2.05, 4.69) is 38.2 Å². The first-order valence-electron chi connectivity index (χ1n) is 26.3. The fourth-order valence-electron chi connectivity index (χ4n) is 7.83. The Bertz CT molecular complexity index is 1420. The van der Waals surface area contributed by atoms with E-state index < -0.39 is 85.8 Å². The number of Topliss-reactive ketones (excluding diaryl/α,β-unsaturated/α-hetero) is 1. The Balaban J connectivity index is 5.13. The van der Waals surface area contributed by atoms with Crippen molar-refractivity contribution in [2.45, 2.75) is 244 Å². The van der Waals surface area contributed by atoms with Crippen LogP contribution in [-0.4, -0.2) is 106 Å². The number of esters is 3. The molecule has 0 rings (SSSR count). The quantitative estimate of drug-likeness (QED) is 0.0146. The van der Waals surface area contributed by atoms with Crippen molar-refractivity contribution in [1.29, 1.82) is 0 Å². The molecule has 0 aliphatic carbocycles. The molecule has 0 saturated carbocycles. The van der Waals surface area contributed by atoms with Gasteiger partial charge in [0.05, 0.1) is 13.0 Å². The van der Waals surface area contributed by atoms with Crippen LogP contribution in [-0.2, 0) is 47.8 Å². The highest BCUT2D eigenvalue weighted by molar-refractivity contribution is 6.04. The Morgan fingerprint density at radius 1 is 0.485 bits per heavy atom. The molecule has 0 saturated heterocycles. The zero-order valence-electron chi connectivity index (χ0n) is 42.2. The van der Waals surface area contributed by atoms with Gasteiger partial charge in [-0.05, 0) is 83.6 Å². The van der Waals surface area contributed by atoms with Crippen molar-refractivity contribution >= 4 is 41.6 Å². The monoisotopic (exact) mass is 965 g/mol. The van der Waals surface area contributed by atoms with Crippen molar-refractivity contribution in [3.05, 3.63) is 24.3 Å². The molecule has 0 radical (unpaired) electrons. The predicted molar refractivity (Wildman–Crippen MR) is 265 cm³/mol. The van der Waals surface area contributed by atoms with Crippen molar-refractivity contribution in [2.75, 3.05) is 26.3 Å². The normalized spacial score (nSPS) is 12.9. The molecule has 0 heterocycles. The maximum Gasteiger partial charge on any atom is 0.328 e. The van der Waals surface area contributed by atoms with Gasteiger partial charge in [0.2, 0.25) is 0 Å². The van der Waals surface area contributed by atoms with Crippen LogP contribution in [0.2, 0.25) is 0 Å². The Morgan fingerprint density at radius 2 is 0.897 bits per heavy atom. The fourth-order valence-corrected chi connectivity index (χ4v) is 7.83. The minimum atomic E-state index is -2.16. The molecule has 0 bridgehead atoms. The van der Waals surface area contributed by atoms with E-state index in [9.17, 15) is 48.9 Å². The molecule has 5 N–H and O–H groups in total. The first kappa shape index (κ1) is 63.9. The molecule has 15 heteroatoms. The Morgan fingerprint density at radius 3 is 1.31 bits per heavy atom. The average molecular weight is 965 g/mol. The van der Waals surface area contributed by atoms with E-state index in [0.29, 0.717) is 24.2 Å². The van der Waals surface area contributed by atoms with Gasteiger partial charge in [0.15, 0.2) is 17.9 Å². The number of nitrogens with two attached hydrogens (primary N) is 1. The van der Waals surface area contributed by atoms with Crippen molar-refractivity contribution < 1.29 is 63.1 Å². The smallest absolute Gasteiger partial charge is 0.328 e. The first-order chi connectivity index (χ1) is 32.9. The summed E-state index contributed by atoms with van der Waals surface area (Å²) in [5, 5.41) is 29.2. The number of hydrogen-bond acceptors (Lipinski definition) is 12. The summed E-state index contributed by atoms with van der Waals surface area (Å²) in [7, 11) is 0. The van der Waals surface area contributed by atoms with Crippen molar-refractivity contribution in [3.63, 3.8) is 0 Å². The number of carboxylic acids is 3. The standard InChI is InChI=1S/C53H92N2O13/c1-3-5-7-9-11-13-15-17-19-21-23-25-27-29-31-36-48(59)66-42-44(68-50(61)37-32-30-28-26-24-22-20-18-16-14-12-10-8-6-4-2)43-67-49(60)39-38-46(56)51(53(64)65)55(41-47(57)58)45(52(62)63)35-33-34-40-54/h17-20,44-45,51H,3-16,21-43,54H2,1-2H3,(H,57,58)(H,62,63)(H,64,65)/b19-17+,20-18+/t44-,45?,51?/m1/s1. The summed E-state index contributed by atoms with van der Waals surface area (Å²) in [6, 6.07) is -3.78. The van der Waals surface area contributed by atoms with Gasteiger partial charge in [-0.2, -0.15) is 0 Å². The SMILES string of the molecule is CCCCCCCC/C=C/CCCCCCCC(=O)OC[C@H](COC(=O)CCC(=O)C(C(=O)O)N(CC(=O)O)C(CCCCN)C(=O)O)OC(=O)CCCCCCC/C=C/CCCCCCCC. The third-order valence-corrected chi connectivity index (χ3v) is 11.8. The molecule has 0 aromatic heterocycles. The molecule has 392 valence electrons. The first-order valence-corrected chi connectivity index (χ1v) is 26.3. The highest BCUT2D eigenvalue weighted by atomic mass is 16.6. The minimum absolute atomic E-state index is 0.118. The lowest BCUT2D eigenvalue weighted by Crippen LogP contribution is -2.56. The van der Waals surface area contributed by atoms with Crippen molar-refractivity contribution in [1.82, 2.24) is 4.90 Å². The van der Waals surface area contributed by atoms with Crippen LogP contribution in [0.5, 0.6) is 0 Å². The maximum absolute atomic E-state index is 13.2. The largest absolute Gasteiger partial charge is 0.480 e. The van der Waals surface area contributed by atoms with E-state index >= 15 is 0 Å². The second-order valence-corrected chi connectivity index (χ2v) is 18.1. The zero-order chi connectivity index (χ0) is 50.5. The summed E-state index contributed by atoms with van der Waals surface area (Å²) < 4.78 is 16.3. The second-order valence-electron chi connectivity index (χ2n) is 18.1. The zero-order valence-corrected chi connectivity index (χ0v) is 42.2. The van der Waals surface area contributed by atoms with E-state index in [1.165, 1.54) is 77.0 Å². The fraction of sp³-hybridized carbons (Fsp3) is 0.792. The average Bonchev–Trinajstić information content (AvgIpc) is 3.30. The number of nitrogens with zero attached hydrogens (tertiary/aromatic N) is 1. The van der Waals surface area contributed by atoms with Crippen LogP contribution in [0, 0.1) is 0 Å². The van der Waals surface area contributed by atoms with Crippen LogP contribution in [0.25, 0.3) is 0 Å². The van der Waals surface area contributed by atoms with Gasteiger partial charge in [0, 0.05) is 19.3 Å². The molecule has 0 spiro atoms. The number of ketones is 1. The van der Waals surface area contributed by atoms with Crippen LogP contribution < -0.4 is 5.73 Å². The lowest BCUT2D eigenvalue weighted by molar-refractivity contribution is -0.167. The van der Waals surface area contributed by atoms with Gasteiger partial charge in [-0.15, -0.1) is 0 Å². The summed E-state index contributed by atoms with van der Waals surface area (Å²) in [5.41, 5.74) is 5.49. The molecule has 0 fully saturated rings. The Hall–Kier alpha value is -4.11. The van der Waals surface area contributed by atoms with Crippen LogP contribution in [0.3, 0.4) is 0 Å². The van der Waals surface area contributed by atoms with Gasteiger partial charge < -0.3 is 35.3 Å². The molecule has 68 heavy (non-hydrogen) atoms. The molecule has 0 aliphatic heterocycles. The third kappa shape index (κ3) is 37.8. The summed E-state index contributed by atoms with van der Waals surface area (Å²) in [5.74, 6) is -7.89. The summed E-state index contributed by atoms with van der Waals surface area (Å²) in [6.45, 7) is 2.77. The van der Waals surface area contributed by atoms with Crippen molar-refractivity contribution in [3.8, 4) is 0 Å². The third-order valence-electron chi connectivity index (χ3n) is 11.8. The van der Waals surface area contributed by atoms with Crippen LogP contribution in [0.15, 0.2) is 24.3 Å². The number of carbonyl (C=O) groups is 7. The molecular formula is C53H92N2O13. The number of ether oxygens (including phenoxy) is 3. The lowest BCUT2D eigenvalue weighted by Gasteiger charge is -2.31. The lowest BCUT2D eigenvalue weighted by atomic mass is 10.0. The molecule has 0 aromatic rings. The van der Waals surface area contributed by atoms with Crippen molar-refractivity contribution in [2.24, 2.45) is 5.73 Å². The summed E-state index contributed by atoms with van der Waals surface area (Å²) in [6.07, 6.45) is 36.4. The highest BCUT2D eigenvalue weighted by Gasteiger charge is 2.40.